The molecule has 0 amide bonds. The van der Waals surface area contributed by atoms with E-state index in [1.807, 2.05) is 12.2 Å². The molecule has 0 aromatic rings. The Labute approximate surface area is 403 Å². The number of carbonyl (C=O) groups excluding carboxylic acids is 4. The van der Waals surface area contributed by atoms with Gasteiger partial charge in [-0.1, -0.05) is 143 Å². The van der Waals surface area contributed by atoms with Crippen LogP contribution in [-0.4, -0.2) is 35.7 Å². The molecule has 12 atom stereocenters. The number of unbranched alkanes of at least 4 members (excludes halogenated alkanes) is 14. The van der Waals surface area contributed by atoms with E-state index in [-0.39, 0.29) is 45.8 Å². The molecular formula is C60H96O6. The summed E-state index contributed by atoms with van der Waals surface area (Å²) >= 11 is 0. The fourth-order valence-electron chi connectivity index (χ4n) is 16.7. The Kier molecular flexibility index (Phi) is 18.1. The first-order chi connectivity index (χ1) is 31.8. The number of fused-ring (bicyclic) bond motifs is 10. The molecule has 8 rings (SSSR count). The van der Waals surface area contributed by atoms with E-state index in [0.717, 1.165) is 88.9 Å². The summed E-state index contributed by atoms with van der Waals surface area (Å²) < 4.78 is 12.3. The minimum Gasteiger partial charge on any atom is -0.462 e. The molecule has 8 aliphatic rings. The normalized spacial score (nSPS) is 37.7. The van der Waals surface area contributed by atoms with Crippen LogP contribution in [0.4, 0.5) is 0 Å². The predicted molar refractivity (Wildman–Crippen MR) is 268 cm³/mol. The van der Waals surface area contributed by atoms with Gasteiger partial charge < -0.3 is 9.47 Å². The van der Waals surface area contributed by atoms with Gasteiger partial charge in [0.05, 0.1) is 0 Å². The van der Waals surface area contributed by atoms with Gasteiger partial charge in [-0.25, -0.2) is 0 Å². The third kappa shape index (κ3) is 11.3. The highest BCUT2D eigenvalue weighted by Gasteiger charge is 2.61. The highest BCUT2D eigenvalue weighted by molar-refractivity contribution is 5.92. The molecule has 0 unspecified atom stereocenters. The summed E-state index contributed by atoms with van der Waals surface area (Å²) in [5.74, 6) is 4.98. The number of hydrogen-bond acceptors (Lipinski definition) is 6. The molecule has 372 valence electrons. The van der Waals surface area contributed by atoms with Crippen molar-refractivity contribution in [3.63, 3.8) is 0 Å². The minimum atomic E-state index is 0.0431. The van der Waals surface area contributed by atoms with E-state index in [1.165, 1.54) is 140 Å². The second-order valence-corrected chi connectivity index (χ2v) is 24.6. The molecule has 66 heavy (non-hydrogen) atoms. The van der Waals surface area contributed by atoms with Crippen LogP contribution in [-0.2, 0) is 28.7 Å². The van der Waals surface area contributed by atoms with E-state index < -0.39 is 0 Å². The molecule has 0 aromatic heterocycles. The highest BCUT2D eigenvalue weighted by Crippen LogP contribution is 2.67. The SMILES string of the molecule is CCCCCCCCCCC(=O)O[C@H]1CC[C@H]2[C@@H]3CCC4=CC(=O)CC[C@]4(C)[C@H]3CC[C@]12C.CCCCCCCCCCC(=O)O[C@H]1CC[C@H]2[C@@H]3CCC4=CC(=O)CC[C@]4(C)[C@H]3CC[C@]12C. The van der Waals surface area contributed by atoms with Crippen LogP contribution in [0.25, 0.3) is 0 Å². The average Bonchev–Trinajstić information content (AvgIpc) is 3.81. The monoisotopic (exact) mass is 913 g/mol. The van der Waals surface area contributed by atoms with Gasteiger partial charge >= 0.3 is 11.9 Å². The topological polar surface area (TPSA) is 86.7 Å². The molecule has 0 radical (unpaired) electrons. The molecule has 0 saturated heterocycles. The van der Waals surface area contributed by atoms with E-state index in [9.17, 15) is 19.2 Å². The van der Waals surface area contributed by atoms with Crippen molar-refractivity contribution < 1.29 is 28.7 Å². The maximum atomic E-state index is 12.7. The maximum absolute atomic E-state index is 12.7. The van der Waals surface area contributed by atoms with Crippen LogP contribution in [0.15, 0.2) is 23.3 Å². The van der Waals surface area contributed by atoms with Crippen molar-refractivity contribution in [2.24, 2.45) is 57.2 Å². The zero-order chi connectivity index (χ0) is 47.0. The summed E-state index contributed by atoms with van der Waals surface area (Å²) in [5, 5.41) is 0. The Morgan fingerprint density at radius 3 is 1.20 bits per heavy atom. The van der Waals surface area contributed by atoms with E-state index >= 15 is 0 Å². The fraction of sp³-hybridized carbons (Fsp3) is 0.867. The van der Waals surface area contributed by atoms with Crippen molar-refractivity contribution in [2.75, 3.05) is 0 Å². The van der Waals surface area contributed by atoms with Crippen LogP contribution in [0.5, 0.6) is 0 Å². The Balaban J connectivity index is 0.000000196. The molecule has 0 aliphatic heterocycles. The van der Waals surface area contributed by atoms with Gasteiger partial charge in [-0.05, 0) is 161 Å². The molecule has 8 aliphatic carbocycles. The summed E-state index contributed by atoms with van der Waals surface area (Å²) in [7, 11) is 0. The van der Waals surface area contributed by atoms with E-state index in [1.54, 1.807) is 0 Å². The Morgan fingerprint density at radius 1 is 0.455 bits per heavy atom. The third-order valence-corrected chi connectivity index (χ3v) is 20.8. The number of ether oxygens (including phenoxy) is 2. The molecule has 0 spiro atoms. The summed E-state index contributed by atoms with van der Waals surface area (Å²) in [6.45, 7) is 14.3. The van der Waals surface area contributed by atoms with Crippen LogP contribution in [0, 0.1) is 57.2 Å². The van der Waals surface area contributed by atoms with Crippen molar-refractivity contribution in [2.45, 2.75) is 272 Å². The lowest BCUT2D eigenvalue weighted by Gasteiger charge is -2.57. The van der Waals surface area contributed by atoms with Crippen molar-refractivity contribution in [1.29, 1.82) is 0 Å². The quantitative estimate of drug-likeness (QED) is 0.0893. The number of ketones is 2. The van der Waals surface area contributed by atoms with Gasteiger partial charge in [0.2, 0.25) is 0 Å². The van der Waals surface area contributed by atoms with Crippen LogP contribution in [0.3, 0.4) is 0 Å². The predicted octanol–water partition coefficient (Wildman–Crippen LogP) is 15.9. The molecule has 0 heterocycles. The van der Waals surface area contributed by atoms with Crippen molar-refractivity contribution in [1.82, 2.24) is 0 Å². The summed E-state index contributed by atoms with van der Waals surface area (Å²) in [5.41, 5.74) is 3.63. The van der Waals surface area contributed by atoms with Crippen LogP contribution in [0.2, 0.25) is 0 Å². The van der Waals surface area contributed by atoms with Crippen molar-refractivity contribution in [3.8, 4) is 0 Å². The van der Waals surface area contributed by atoms with Gasteiger partial charge in [-0.3, -0.25) is 19.2 Å². The molecule has 6 nitrogen and oxygen atoms in total. The number of carbonyl (C=O) groups is 4. The average molecular weight is 913 g/mol. The van der Waals surface area contributed by atoms with Crippen molar-refractivity contribution in [3.05, 3.63) is 23.3 Å². The van der Waals surface area contributed by atoms with Crippen LogP contribution >= 0.6 is 0 Å². The van der Waals surface area contributed by atoms with Crippen molar-refractivity contribution >= 4 is 23.5 Å². The fourth-order valence-corrected chi connectivity index (χ4v) is 16.7. The highest BCUT2D eigenvalue weighted by atomic mass is 16.5. The lowest BCUT2D eigenvalue weighted by atomic mass is 9.47. The first-order valence-corrected chi connectivity index (χ1v) is 28.6. The minimum absolute atomic E-state index is 0.0431. The largest absolute Gasteiger partial charge is 0.462 e. The second-order valence-electron chi connectivity index (χ2n) is 24.6. The lowest BCUT2D eigenvalue weighted by Crippen LogP contribution is -2.51. The summed E-state index contributed by atoms with van der Waals surface area (Å²) in [6.07, 6.45) is 43.0. The molecule has 0 bridgehead atoms. The molecule has 0 N–H and O–H groups in total. The van der Waals surface area contributed by atoms with Gasteiger partial charge in [0, 0.05) is 36.5 Å². The zero-order valence-electron chi connectivity index (χ0n) is 43.3. The Hall–Kier alpha value is -2.24. The standard InChI is InChI=1S/2C30H48O3/c2*1-4-5-6-7-8-9-10-11-12-28(32)33-27-16-15-25-24-14-13-22-21-23(31)17-19-29(22,2)26(24)18-20-30(25,27)3/h2*21,24-27H,4-20H2,1-3H3/t2*24-,25-,26-,27-,29-,30-/m00/s1. The van der Waals surface area contributed by atoms with E-state index in [4.69, 9.17) is 9.47 Å². The zero-order valence-corrected chi connectivity index (χ0v) is 43.3. The molecule has 6 fully saturated rings. The first-order valence-electron chi connectivity index (χ1n) is 28.6. The lowest BCUT2D eigenvalue weighted by molar-refractivity contribution is -0.160. The van der Waals surface area contributed by atoms with Gasteiger partial charge in [-0.2, -0.15) is 0 Å². The third-order valence-electron chi connectivity index (χ3n) is 20.8. The number of hydrogen-bond donors (Lipinski definition) is 0. The smallest absolute Gasteiger partial charge is 0.306 e. The van der Waals surface area contributed by atoms with Gasteiger partial charge in [0.25, 0.3) is 0 Å². The maximum Gasteiger partial charge on any atom is 0.306 e. The molecule has 0 aromatic carbocycles. The summed E-state index contributed by atoms with van der Waals surface area (Å²) in [4.78, 5) is 49.4. The summed E-state index contributed by atoms with van der Waals surface area (Å²) in [6, 6.07) is 0. The Bertz CT molecular complexity index is 1600. The van der Waals surface area contributed by atoms with Crippen LogP contribution in [0.1, 0.15) is 260 Å². The van der Waals surface area contributed by atoms with Gasteiger partial charge in [-0.15, -0.1) is 0 Å². The van der Waals surface area contributed by atoms with Gasteiger partial charge in [0.15, 0.2) is 11.6 Å². The second kappa shape index (κ2) is 23.1. The van der Waals surface area contributed by atoms with Crippen LogP contribution < -0.4 is 0 Å². The van der Waals surface area contributed by atoms with E-state index in [0.29, 0.717) is 48.1 Å². The molecule has 6 heteroatoms. The van der Waals surface area contributed by atoms with E-state index in [2.05, 4.69) is 41.5 Å². The number of rotatable bonds is 20. The Morgan fingerprint density at radius 2 is 0.818 bits per heavy atom. The number of esters is 2. The number of allylic oxidation sites excluding steroid dienone is 2. The first kappa shape index (κ1) is 51.6. The molecule has 6 saturated carbocycles. The molecular weight excluding hydrogens is 817 g/mol. The van der Waals surface area contributed by atoms with Gasteiger partial charge in [0.1, 0.15) is 12.2 Å².